The van der Waals surface area contributed by atoms with E-state index < -0.39 is 20.8 Å². The fourth-order valence-electron chi connectivity index (χ4n) is 1.11. The molecule has 17 heavy (non-hydrogen) atoms. The molecule has 0 fully saturated rings. The lowest BCUT2D eigenvalue weighted by Gasteiger charge is -2.05. The lowest BCUT2D eigenvalue weighted by molar-refractivity contribution is 0.562. The van der Waals surface area contributed by atoms with Crippen molar-refractivity contribution in [3.8, 4) is 0 Å². The molecule has 0 aliphatic rings. The van der Waals surface area contributed by atoms with Gasteiger partial charge >= 0.3 is 0 Å². The van der Waals surface area contributed by atoms with Gasteiger partial charge in [-0.1, -0.05) is 12.1 Å². The lowest BCUT2D eigenvalue weighted by Crippen LogP contribution is -2.29. The zero-order valence-corrected chi connectivity index (χ0v) is 12.6. The molecular formula is C7H13BrN4O3S2. The van der Waals surface area contributed by atoms with E-state index in [-0.39, 0.29) is 16.2 Å². The van der Waals surface area contributed by atoms with Crippen molar-refractivity contribution in [3.05, 3.63) is 4.60 Å². The topological polar surface area (TPSA) is 93.9 Å². The summed E-state index contributed by atoms with van der Waals surface area (Å²) in [6, 6.07) is 0. The predicted molar refractivity (Wildman–Crippen MR) is 67.4 cm³/mol. The molecule has 0 saturated carbocycles. The fraction of sp³-hybridized carbons (Fsp3) is 0.714. The molecule has 1 heterocycles. The largest absolute Gasteiger partial charge is 0.260 e. The zero-order valence-electron chi connectivity index (χ0n) is 9.38. The fourth-order valence-corrected chi connectivity index (χ4v) is 3.98. The third-order valence-corrected chi connectivity index (χ3v) is 5.59. The number of aryl methyl sites for hydroxylation is 1. The van der Waals surface area contributed by atoms with Crippen molar-refractivity contribution in [3.63, 3.8) is 0 Å². The molecule has 0 aliphatic carbocycles. The maximum Gasteiger partial charge on any atom is 0.260 e. The Morgan fingerprint density at radius 3 is 2.65 bits per heavy atom. The van der Waals surface area contributed by atoms with Crippen molar-refractivity contribution in [2.45, 2.75) is 11.9 Å². The van der Waals surface area contributed by atoms with Gasteiger partial charge in [-0.05, 0) is 15.9 Å². The van der Waals surface area contributed by atoms with Crippen LogP contribution in [0.2, 0.25) is 0 Å². The minimum absolute atomic E-state index is 0.0419. The minimum atomic E-state index is -3.68. The summed E-state index contributed by atoms with van der Waals surface area (Å²) in [6.45, 7) is 1.91. The molecule has 0 bridgehead atoms. The first-order valence-corrected chi connectivity index (χ1v) is 8.54. The number of nitrogens with one attached hydrogen (secondary N) is 1. The highest BCUT2D eigenvalue weighted by Gasteiger charge is 2.23. The summed E-state index contributed by atoms with van der Waals surface area (Å²) in [5, 5.41) is 7.13. The number of hydrogen-bond acceptors (Lipinski definition) is 5. The Balaban J connectivity index is 2.73. The van der Waals surface area contributed by atoms with Crippen LogP contribution >= 0.6 is 15.9 Å². The van der Waals surface area contributed by atoms with Crippen LogP contribution in [0.1, 0.15) is 6.92 Å². The molecule has 0 spiro atoms. The van der Waals surface area contributed by atoms with E-state index in [0.29, 0.717) is 11.5 Å². The van der Waals surface area contributed by atoms with E-state index in [1.54, 1.807) is 6.92 Å². The van der Waals surface area contributed by atoms with E-state index in [2.05, 4.69) is 31.0 Å². The number of nitrogens with zero attached hydrogens (tertiary/aromatic N) is 3. The zero-order chi connectivity index (χ0) is 13.1. The Morgan fingerprint density at radius 1 is 1.53 bits per heavy atom. The van der Waals surface area contributed by atoms with Gasteiger partial charge in [-0.3, -0.25) is 4.21 Å². The van der Waals surface area contributed by atoms with Crippen molar-refractivity contribution >= 4 is 36.8 Å². The van der Waals surface area contributed by atoms with Crippen molar-refractivity contribution in [1.29, 1.82) is 0 Å². The normalized spacial score (nSPS) is 13.8. The monoisotopic (exact) mass is 344 g/mol. The minimum Gasteiger partial charge on any atom is -0.260 e. The van der Waals surface area contributed by atoms with Crippen LogP contribution < -0.4 is 4.72 Å². The molecule has 0 amide bonds. The van der Waals surface area contributed by atoms with Gasteiger partial charge in [-0.25, -0.2) is 17.8 Å². The van der Waals surface area contributed by atoms with Crippen LogP contribution in [0.3, 0.4) is 0 Å². The molecule has 7 nitrogen and oxygen atoms in total. The van der Waals surface area contributed by atoms with E-state index in [9.17, 15) is 12.6 Å². The Bertz CT molecular complexity index is 494. The first-order chi connectivity index (χ1) is 7.88. The van der Waals surface area contributed by atoms with Gasteiger partial charge in [0.15, 0.2) is 4.60 Å². The van der Waals surface area contributed by atoms with E-state index in [0.717, 1.165) is 4.68 Å². The summed E-state index contributed by atoms with van der Waals surface area (Å²) in [4.78, 5) is 0. The van der Waals surface area contributed by atoms with Crippen molar-refractivity contribution in [1.82, 2.24) is 19.7 Å². The van der Waals surface area contributed by atoms with Crippen LogP contribution in [0.4, 0.5) is 0 Å². The number of hydrogen-bond donors (Lipinski definition) is 1. The van der Waals surface area contributed by atoms with Gasteiger partial charge in [0.2, 0.25) is 5.03 Å². The standard InChI is InChI=1S/C7H13BrN4O3S2/c1-3-16(13)5-4-9-17(14,15)7-6(8)10-11-12(7)2/h9H,3-5H2,1-2H3. The first-order valence-electron chi connectivity index (χ1n) is 4.78. The average molecular weight is 345 g/mol. The molecule has 0 aliphatic heterocycles. The van der Waals surface area contributed by atoms with Gasteiger partial charge in [-0.15, -0.1) is 5.10 Å². The quantitative estimate of drug-likeness (QED) is 0.759. The Morgan fingerprint density at radius 2 is 2.18 bits per heavy atom. The molecule has 10 heteroatoms. The van der Waals surface area contributed by atoms with Crippen molar-refractivity contribution in [2.75, 3.05) is 18.1 Å². The highest BCUT2D eigenvalue weighted by Crippen LogP contribution is 2.17. The molecule has 1 unspecified atom stereocenters. The van der Waals surface area contributed by atoms with E-state index in [1.165, 1.54) is 7.05 Å². The average Bonchev–Trinajstić information content (AvgIpc) is 2.58. The summed E-state index contributed by atoms with van der Waals surface area (Å²) < 4.78 is 38.6. The van der Waals surface area contributed by atoms with Gasteiger partial charge < -0.3 is 0 Å². The molecule has 1 aromatic rings. The second-order valence-electron chi connectivity index (χ2n) is 3.14. The van der Waals surface area contributed by atoms with Crippen LogP contribution in [0, 0.1) is 0 Å². The molecule has 98 valence electrons. The van der Waals surface area contributed by atoms with Crippen LogP contribution in [0.25, 0.3) is 0 Å². The van der Waals surface area contributed by atoms with Crippen LogP contribution in [-0.4, -0.2) is 45.7 Å². The second-order valence-corrected chi connectivity index (χ2v) is 7.44. The van der Waals surface area contributed by atoms with Gasteiger partial charge in [0.1, 0.15) is 0 Å². The van der Waals surface area contributed by atoms with Crippen molar-refractivity contribution < 1.29 is 12.6 Å². The second kappa shape index (κ2) is 6.03. The molecule has 0 radical (unpaired) electrons. The molecule has 1 N–H and O–H groups in total. The van der Waals surface area contributed by atoms with Crippen LogP contribution in [0.5, 0.6) is 0 Å². The third-order valence-electron chi connectivity index (χ3n) is 1.94. The van der Waals surface area contributed by atoms with E-state index in [4.69, 9.17) is 0 Å². The molecule has 1 aromatic heterocycles. The molecule has 0 aromatic carbocycles. The Hall–Kier alpha value is -0.320. The van der Waals surface area contributed by atoms with Gasteiger partial charge in [0.25, 0.3) is 10.0 Å². The van der Waals surface area contributed by atoms with E-state index in [1.807, 2.05) is 0 Å². The molecule has 0 saturated heterocycles. The number of aromatic nitrogens is 3. The molecule has 1 atom stereocenters. The Kier molecular flexibility index (Phi) is 5.22. The summed E-state index contributed by atoms with van der Waals surface area (Å²) in [5.74, 6) is 0.803. The highest BCUT2D eigenvalue weighted by molar-refractivity contribution is 9.10. The summed E-state index contributed by atoms with van der Waals surface area (Å²) in [5.41, 5.74) is 0. The summed E-state index contributed by atoms with van der Waals surface area (Å²) in [7, 11) is -3.19. The number of sulfonamides is 1. The summed E-state index contributed by atoms with van der Waals surface area (Å²) in [6.07, 6.45) is 0. The van der Waals surface area contributed by atoms with Gasteiger partial charge in [0, 0.05) is 35.9 Å². The maximum atomic E-state index is 11.9. The molecule has 1 rings (SSSR count). The van der Waals surface area contributed by atoms with E-state index >= 15 is 0 Å². The lowest BCUT2D eigenvalue weighted by atomic mass is 10.8. The Labute approximate surface area is 111 Å². The first kappa shape index (κ1) is 14.7. The SMILES string of the molecule is CCS(=O)CCNS(=O)(=O)c1c(Br)nnn1C. The number of rotatable bonds is 6. The van der Waals surface area contributed by atoms with Crippen LogP contribution in [0.15, 0.2) is 9.63 Å². The number of halogens is 1. The maximum absolute atomic E-state index is 11.9. The predicted octanol–water partition coefficient (Wildman–Crippen LogP) is -0.375. The van der Waals surface area contributed by atoms with Crippen LogP contribution in [-0.2, 0) is 27.9 Å². The van der Waals surface area contributed by atoms with Crippen molar-refractivity contribution in [2.24, 2.45) is 7.05 Å². The smallest absolute Gasteiger partial charge is 0.260 e. The highest BCUT2D eigenvalue weighted by atomic mass is 79.9. The third kappa shape index (κ3) is 3.83. The van der Waals surface area contributed by atoms with Gasteiger partial charge in [-0.2, -0.15) is 0 Å². The van der Waals surface area contributed by atoms with Gasteiger partial charge in [0.05, 0.1) is 0 Å². The molecular weight excluding hydrogens is 332 g/mol. The summed E-state index contributed by atoms with van der Waals surface area (Å²) >= 11 is 3.01.